The molecule has 1 N–H and O–H groups in total. The molecule has 0 spiro atoms. The number of rotatable bonds is 5. The number of amides is 1. The van der Waals surface area contributed by atoms with Gasteiger partial charge in [-0.25, -0.2) is 4.79 Å². The van der Waals surface area contributed by atoms with Crippen molar-refractivity contribution in [2.75, 3.05) is 7.11 Å². The minimum Gasteiger partial charge on any atom is -0.467 e. The topological polar surface area (TPSA) is 55.4 Å². The number of ether oxygens (including phenoxy) is 1. The van der Waals surface area contributed by atoms with Crippen molar-refractivity contribution in [1.82, 2.24) is 5.32 Å². The Morgan fingerprint density at radius 3 is 2.44 bits per heavy atom. The number of carbonyl (C=O) groups is 2. The number of nitrogens with one attached hydrogen (secondary N) is 1. The molecule has 0 saturated heterocycles. The summed E-state index contributed by atoms with van der Waals surface area (Å²) < 4.78 is 4.54. The zero-order chi connectivity index (χ0) is 13.5. The van der Waals surface area contributed by atoms with Crippen molar-refractivity contribution in [2.45, 2.75) is 32.7 Å². The molecule has 0 aliphatic heterocycles. The van der Waals surface area contributed by atoms with E-state index < -0.39 is 12.0 Å². The van der Waals surface area contributed by atoms with Crippen molar-refractivity contribution < 1.29 is 14.3 Å². The van der Waals surface area contributed by atoms with Gasteiger partial charge in [0.2, 0.25) is 5.91 Å². The minimum absolute atomic E-state index is 0.145. The molecule has 0 radical (unpaired) electrons. The van der Waals surface area contributed by atoms with Gasteiger partial charge in [0, 0.05) is 6.42 Å². The van der Waals surface area contributed by atoms with Crippen molar-refractivity contribution in [3.63, 3.8) is 0 Å². The summed E-state index contributed by atoms with van der Waals surface area (Å²) in [6, 6.07) is 7.45. The SMILES string of the molecule is COC(=O)C(C)NC(=O)CCc1ccc(C)cc1. The number of carbonyl (C=O) groups excluding carboxylic acids is 2. The second-order valence-corrected chi connectivity index (χ2v) is 4.30. The van der Waals surface area contributed by atoms with Gasteiger partial charge < -0.3 is 10.1 Å². The maximum atomic E-state index is 11.6. The molecule has 0 aliphatic rings. The lowest BCUT2D eigenvalue weighted by atomic mass is 10.1. The summed E-state index contributed by atoms with van der Waals surface area (Å²) in [4.78, 5) is 22.7. The second-order valence-electron chi connectivity index (χ2n) is 4.30. The quantitative estimate of drug-likeness (QED) is 0.806. The third-order valence-electron chi connectivity index (χ3n) is 2.69. The van der Waals surface area contributed by atoms with E-state index in [1.54, 1.807) is 6.92 Å². The summed E-state index contributed by atoms with van der Waals surface area (Å²) in [6.07, 6.45) is 1.03. The second kappa shape index (κ2) is 6.79. The fourth-order valence-electron chi connectivity index (χ4n) is 1.56. The number of hydrogen-bond donors (Lipinski definition) is 1. The highest BCUT2D eigenvalue weighted by Gasteiger charge is 2.15. The zero-order valence-electron chi connectivity index (χ0n) is 11.0. The smallest absolute Gasteiger partial charge is 0.328 e. The third-order valence-corrected chi connectivity index (χ3v) is 2.69. The zero-order valence-corrected chi connectivity index (χ0v) is 11.0. The first-order chi connectivity index (χ1) is 8.52. The van der Waals surface area contributed by atoms with E-state index in [1.807, 2.05) is 31.2 Å². The number of methoxy groups -OCH3 is 1. The molecule has 0 bridgehead atoms. The van der Waals surface area contributed by atoms with E-state index in [4.69, 9.17) is 0 Å². The van der Waals surface area contributed by atoms with Crippen LogP contribution in [0.4, 0.5) is 0 Å². The van der Waals surface area contributed by atoms with Crippen LogP contribution < -0.4 is 5.32 Å². The highest BCUT2D eigenvalue weighted by Crippen LogP contribution is 2.05. The average Bonchev–Trinajstić information content (AvgIpc) is 2.37. The summed E-state index contributed by atoms with van der Waals surface area (Å²) in [5, 5.41) is 2.60. The molecule has 18 heavy (non-hydrogen) atoms. The van der Waals surface area contributed by atoms with Crippen molar-refractivity contribution >= 4 is 11.9 Å². The predicted molar refractivity (Wildman–Crippen MR) is 69.1 cm³/mol. The lowest BCUT2D eigenvalue weighted by Crippen LogP contribution is -2.39. The van der Waals surface area contributed by atoms with Crippen LogP contribution in [-0.4, -0.2) is 25.0 Å². The molecule has 1 aromatic carbocycles. The molecule has 0 heterocycles. The summed E-state index contributed by atoms with van der Waals surface area (Å²) in [5.41, 5.74) is 2.31. The van der Waals surface area contributed by atoms with Gasteiger partial charge in [-0.2, -0.15) is 0 Å². The Balaban J connectivity index is 2.37. The summed E-state index contributed by atoms with van der Waals surface area (Å²) in [6.45, 7) is 3.63. The van der Waals surface area contributed by atoms with Crippen LogP contribution in [0.2, 0.25) is 0 Å². The van der Waals surface area contributed by atoms with Gasteiger partial charge in [-0.3, -0.25) is 4.79 Å². The standard InChI is InChI=1S/C14H19NO3/c1-10-4-6-12(7-5-10)8-9-13(16)15-11(2)14(17)18-3/h4-7,11H,8-9H2,1-3H3,(H,15,16). The van der Waals surface area contributed by atoms with Gasteiger partial charge >= 0.3 is 5.97 Å². The first kappa shape index (κ1) is 14.2. The van der Waals surface area contributed by atoms with Crippen LogP contribution in [-0.2, 0) is 20.7 Å². The van der Waals surface area contributed by atoms with Crippen molar-refractivity contribution in [3.05, 3.63) is 35.4 Å². The third kappa shape index (κ3) is 4.57. The highest BCUT2D eigenvalue weighted by atomic mass is 16.5. The molecular formula is C14H19NO3. The number of esters is 1. The predicted octanol–water partition coefficient (Wildman–Crippen LogP) is 1.61. The molecule has 0 aromatic heterocycles. The Hall–Kier alpha value is -1.84. The molecule has 1 amide bonds. The van der Waals surface area contributed by atoms with Crippen LogP contribution in [0, 0.1) is 6.92 Å². The van der Waals surface area contributed by atoms with Crippen molar-refractivity contribution in [3.8, 4) is 0 Å². The monoisotopic (exact) mass is 249 g/mol. The molecule has 98 valence electrons. The number of hydrogen-bond acceptors (Lipinski definition) is 3. The molecule has 1 atom stereocenters. The van der Waals surface area contributed by atoms with Gasteiger partial charge in [0.15, 0.2) is 0 Å². The summed E-state index contributed by atoms with van der Waals surface area (Å²) in [5.74, 6) is -0.577. The molecule has 1 unspecified atom stereocenters. The summed E-state index contributed by atoms with van der Waals surface area (Å²) in [7, 11) is 1.30. The average molecular weight is 249 g/mol. The molecule has 0 aliphatic carbocycles. The van der Waals surface area contributed by atoms with Crippen molar-refractivity contribution in [1.29, 1.82) is 0 Å². The van der Waals surface area contributed by atoms with Gasteiger partial charge in [0.25, 0.3) is 0 Å². The first-order valence-electron chi connectivity index (χ1n) is 5.95. The van der Waals surface area contributed by atoms with Crippen molar-refractivity contribution in [2.24, 2.45) is 0 Å². The van der Waals surface area contributed by atoms with Gasteiger partial charge in [-0.15, -0.1) is 0 Å². The fourth-order valence-corrected chi connectivity index (χ4v) is 1.56. The van der Waals surface area contributed by atoms with E-state index in [-0.39, 0.29) is 5.91 Å². The van der Waals surface area contributed by atoms with E-state index in [0.717, 1.165) is 5.56 Å². The Bertz CT molecular complexity index is 412. The molecule has 0 fully saturated rings. The maximum absolute atomic E-state index is 11.6. The van der Waals surface area contributed by atoms with E-state index in [9.17, 15) is 9.59 Å². The Morgan fingerprint density at radius 1 is 1.28 bits per heavy atom. The normalized spacial score (nSPS) is 11.7. The van der Waals surface area contributed by atoms with Crippen LogP contribution in [0.1, 0.15) is 24.5 Å². The van der Waals surface area contributed by atoms with Crippen LogP contribution in [0.15, 0.2) is 24.3 Å². The molecule has 0 saturated carbocycles. The number of aryl methyl sites for hydroxylation is 2. The first-order valence-corrected chi connectivity index (χ1v) is 5.95. The van der Waals surface area contributed by atoms with E-state index in [1.165, 1.54) is 12.7 Å². The van der Waals surface area contributed by atoms with E-state index in [2.05, 4.69) is 10.1 Å². The van der Waals surface area contributed by atoms with Gasteiger partial charge in [-0.1, -0.05) is 29.8 Å². The maximum Gasteiger partial charge on any atom is 0.328 e. The minimum atomic E-state index is -0.597. The molecule has 4 nitrogen and oxygen atoms in total. The van der Waals surface area contributed by atoms with Crippen LogP contribution >= 0.6 is 0 Å². The Kier molecular flexibility index (Phi) is 5.36. The molecule has 1 aromatic rings. The molecule has 1 rings (SSSR count). The van der Waals surface area contributed by atoms with Gasteiger partial charge in [0.05, 0.1) is 7.11 Å². The van der Waals surface area contributed by atoms with Gasteiger partial charge in [-0.05, 0) is 25.8 Å². The van der Waals surface area contributed by atoms with Crippen LogP contribution in [0.25, 0.3) is 0 Å². The molecule has 4 heteroatoms. The van der Waals surface area contributed by atoms with Crippen LogP contribution in [0.3, 0.4) is 0 Å². The Labute approximate surface area is 107 Å². The lowest BCUT2D eigenvalue weighted by molar-refractivity contribution is -0.144. The fraction of sp³-hybridized carbons (Fsp3) is 0.429. The van der Waals surface area contributed by atoms with Crippen LogP contribution in [0.5, 0.6) is 0 Å². The highest BCUT2D eigenvalue weighted by molar-refractivity contribution is 5.84. The Morgan fingerprint density at radius 2 is 1.89 bits per heavy atom. The largest absolute Gasteiger partial charge is 0.467 e. The van der Waals surface area contributed by atoms with E-state index >= 15 is 0 Å². The summed E-state index contributed by atoms with van der Waals surface area (Å²) >= 11 is 0. The lowest BCUT2D eigenvalue weighted by Gasteiger charge is -2.11. The van der Waals surface area contributed by atoms with Gasteiger partial charge in [0.1, 0.15) is 6.04 Å². The number of benzene rings is 1. The molecular weight excluding hydrogens is 230 g/mol. The van der Waals surface area contributed by atoms with E-state index in [0.29, 0.717) is 12.8 Å².